The molecule has 1 saturated heterocycles. The molecule has 3 heterocycles. The van der Waals surface area contributed by atoms with Gasteiger partial charge in [0.1, 0.15) is 24.2 Å². The maximum atomic E-state index is 9.52. The lowest BCUT2D eigenvalue weighted by atomic mass is 9.92. The molecule has 0 bridgehead atoms. The van der Waals surface area contributed by atoms with Crippen LogP contribution in [-0.4, -0.2) is 18.1 Å². The highest BCUT2D eigenvalue weighted by atomic mass is 79.9. The van der Waals surface area contributed by atoms with E-state index in [-0.39, 0.29) is 0 Å². The second-order valence-electron chi connectivity index (χ2n) is 7.64. The van der Waals surface area contributed by atoms with Crippen LogP contribution in [0.4, 0.5) is 5.88 Å². The van der Waals surface area contributed by atoms with Gasteiger partial charge in [-0.3, -0.25) is 0 Å². The van der Waals surface area contributed by atoms with Crippen molar-refractivity contribution in [1.29, 1.82) is 5.26 Å². The van der Waals surface area contributed by atoms with Crippen molar-refractivity contribution in [2.75, 3.05) is 18.0 Å². The number of ether oxygens (including phenoxy) is 1. The summed E-state index contributed by atoms with van der Waals surface area (Å²) in [6.45, 7) is 6.45. The number of halogens is 1. The zero-order valence-corrected chi connectivity index (χ0v) is 18.0. The molecule has 1 aromatic carbocycles. The van der Waals surface area contributed by atoms with Crippen molar-refractivity contribution in [3.05, 3.63) is 52.3 Å². The third-order valence-electron chi connectivity index (χ3n) is 4.94. The zero-order chi connectivity index (χ0) is 20.4. The average Bonchev–Trinajstić information content (AvgIpc) is 3.33. The van der Waals surface area contributed by atoms with Crippen molar-refractivity contribution in [2.45, 2.75) is 26.9 Å². The van der Waals surface area contributed by atoms with Gasteiger partial charge < -0.3 is 18.5 Å². The molecule has 1 aliphatic heterocycles. The van der Waals surface area contributed by atoms with E-state index in [1.165, 1.54) is 6.42 Å². The van der Waals surface area contributed by atoms with E-state index in [1.807, 2.05) is 30.3 Å². The second kappa shape index (κ2) is 8.34. The van der Waals surface area contributed by atoms with E-state index in [0.717, 1.165) is 23.3 Å². The van der Waals surface area contributed by atoms with E-state index in [4.69, 9.17) is 13.6 Å². The Morgan fingerprint density at radius 2 is 1.86 bits per heavy atom. The van der Waals surface area contributed by atoms with Crippen molar-refractivity contribution < 1.29 is 13.6 Å². The minimum absolute atomic E-state index is 0.293. The molecule has 0 radical (unpaired) electrons. The summed E-state index contributed by atoms with van der Waals surface area (Å²) in [5.41, 5.74) is 0.297. The Balaban J connectivity index is 1.50. The summed E-state index contributed by atoms with van der Waals surface area (Å²) < 4.78 is 18.5. The molecule has 0 N–H and O–H groups in total. The SMILES string of the molecule is C[C@@H]1C[C@@H](C)CN(c2oc(-c3ccc(COc4ccc(Br)cc4)o3)nc2C#N)C1. The van der Waals surface area contributed by atoms with E-state index in [0.29, 0.717) is 47.4 Å². The monoisotopic (exact) mass is 455 g/mol. The Hall–Kier alpha value is -2.72. The van der Waals surface area contributed by atoms with Crippen LogP contribution in [0.2, 0.25) is 0 Å². The molecule has 0 amide bonds. The van der Waals surface area contributed by atoms with Gasteiger partial charge in [0.15, 0.2) is 5.76 Å². The van der Waals surface area contributed by atoms with Crippen LogP contribution in [0.15, 0.2) is 49.7 Å². The number of piperidine rings is 1. The highest BCUT2D eigenvalue weighted by Crippen LogP contribution is 2.33. The van der Waals surface area contributed by atoms with E-state index >= 15 is 0 Å². The van der Waals surface area contributed by atoms with E-state index in [9.17, 15) is 5.26 Å². The van der Waals surface area contributed by atoms with Gasteiger partial charge in [-0.25, -0.2) is 0 Å². The first kappa shape index (κ1) is 19.6. The van der Waals surface area contributed by atoms with Crippen LogP contribution in [0.1, 0.15) is 31.7 Å². The van der Waals surface area contributed by atoms with E-state index in [2.05, 4.69) is 45.7 Å². The van der Waals surface area contributed by atoms with Crippen LogP contribution in [0.3, 0.4) is 0 Å². The van der Waals surface area contributed by atoms with Gasteiger partial charge in [0, 0.05) is 17.6 Å². The standard InChI is InChI=1S/C22H22BrN3O3/c1-14-9-15(2)12-26(11-14)22-19(10-24)25-21(29-22)20-8-7-18(28-20)13-27-17-5-3-16(23)4-6-17/h3-8,14-15H,9,11-13H2,1-2H3/t14-,15-/m1/s1. The first-order valence-corrected chi connectivity index (χ1v) is 10.4. The second-order valence-corrected chi connectivity index (χ2v) is 8.56. The van der Waals surface area contributed by atoms with Crippen LogP contribution < -0.4 is 9.64 Å². The summed E-state index contributed by atoms with van der Waals surface area (Å²) in [6.07, 6.45) is 1.18. The number of nitriles is 1. The predicted octanol–water partition coefficient (Wildman–Crippen LogP) is 5.63. The number of rotatable bonds is 5. The van der Waals surface area contributed by atoms with Crippen LogP contribution >= 0.6 is 15.9 Å². The highest BCUT2D eigenvalue weighted by molar-refractivity contribution is 9.10. The number of aromatic nitrogens is 1. The smallest absolute Gasteiger partial charge is 0.266 e. The average molecular weight is 456 g/mol. The first-order chi connectivity index (χ1) is 14.0. The third-order valence-corrected chi connectivity index (χ3v) is 5.47. The summed E-state index contributed by atoms with van der Waals surface area (Å²) in [6, 6.07) is 13.4. The maximum absolute atomic E-state index is 9.52. The lowest BCUT2D eigenvalue weighted by molar-refractivity contribution is 0.271. The molecule has 0 unspecified atom stereocenters. The molecule has 6 nitrogen and oxygen atoms in total. The van der Waals surface area contributed by atoms with Gasteiger partial charge >= 0.3 is 0 Å². The Bertz CT molecular complexity index is 1010. The van der Waals surface area contributed by atoms with E-state index < -0.39 is 0 Å². The first-order valence-electron chi connectivity index (χ1n) is 9.65. The molecule has 1 fully saturated rings. The molecule has 3 aromatic rings. The number of hydrogen-bond donors (Lipinski definition) is 0. The Kier molecular flexibility index (Phi) is 5.63. The van der Waals surface area contributed by atoms with Crippen molar-refractivity contribution in [1.82, 2.24) is 4.98 Å². The largest absolute Gasteiger partial charge is 0.486 e. The van der Waals surface area contributed by atoms with Gasteiger partial charge in [-0.1, -0.05) is 29.8 Å². The van der Waals surface area contributed by atoms with Crippen molar-refractivity contribution in [2.24, 2.45) is 11.8 Å². The third kappa shape index (κ3) is 4.48. The Morgan fingerprint density at radius 1 is 1.14 bits per heavy atom. The Labute approximate surface area is 178 Å². The number of furan rings is 1. The number of nitrogens with zero attached hydrogens (tertiary/aromatic N) is 3. The minimum atomic E-state index is 0.293. The van der Waals surface area contributed by atoms with Crippen molar-refractivity contribution in [3.8, 4) is 23.5 Å². The summed E-state index contributed by atoms with van der Waals surface area (Å²) in [5, 5.41) is 9.52. The molecular weight excluding hydrogens is 434 g/mol. The molecule has 2 atom stereocenters. The summed E-state index contributed by atoms with van der Waals surface area (Å²) in [5.74, 6) is 3.84. The number of benzene rings is 1. The molecule has 1 aliphatic rings. The van der Waals surface area contributed by atoms with Crippen molar-refractivity contribution in [3.63, 3.8) is 0 Å². The maximum Gasteiger partial charge on any atom is 0.266 e. The van der Waals surface area contributed by atoms with E-state index in [1.54, 1.807) is 6.07 Å². The van der Waals surface area contributed by atoms with Crippen LogP contribution in [0.25, 0.3) is 11.7 Å². The van der Waals surface area contributed by atoms with Crippen LogP contribution in [-0.2, 0) is 6.61 Å². The molecular formula is C22H22BrN3O3. The Morgan fingerprint density at radius 3 is 2.55 bits per heavy atom. The topological polar surface area (TPSA) is 75.4 Å². The predicted molar refractivity (Wildman–Crippen MR) is 113 cm³/mol. The summed E-state index contributed by atoms with van der Waals surface area (Å²) >= 11 is 3.40. The lowest BCUT2D eigenvalue weighted by Crippen LogP contribution is -2.38. The van der Waals surface area contributed by atoms with Crippen LogP contribution in [0.5, 0.6) is 5.75 Å². The normalized spacial score (nSPS) is 19.2. The fourth-order valence-electron chi connectivity index (χ4n) is 3.79. The summed E-state index contributed by atoms with van der Waals surface area (Å²) in [4.78, 5) is 6.48. The molecule has 4 rings (SSSR count). The fraction of sp³-hybridized carbons (Fsp3) is 0.364. The van der Waals surface area contributed by atoms with Gasteiger partial charge in [0.05, 0.1) is 0 Å². The molecule has 0 spiro atoms. The van der Waals surface area contributed by atoms with Gasteiger partial charge in [-0.2, -0.15) is 10.2 Å². The highest BCUT2D eigenvalue weighted by Gasteiger charge is 2.28. The quantitative estimate of drug-likeness (QED) is 0.495. The lowest BCUT2D eigenvalue weighted by Gasteiger charge is -2.34. The molecule has 2 aromatic heterocycles. The minimum Gasteiger partial charge on any atom is -0.486 e. The van der Waals surface area contributed by atoms with Gasteiger partial charge in [-0.05, 0) is 54.7 Å². The number of anilines is 1. The molecule has 7 heteroatoms. The van der Waals surface area contributed by atoms with Gasteiger partial charge in [0.2, 0.25) is 11.6 Å². The van der Waals surface area contributed by atoms with Crippen molar-refractivity contribution >= 4 is 21.8 Å². The van der Waals surface area contributed by atoms with Crippen LogP contribution in [0, 0.1) is 23.2 Å². The number of hydrogen-bond acceptors (Lipinski definition) is 6. The molecule has 0 aliphatic carbocycles. The fourth-order valence-corrected chi connectivity index (χ4v) is 4.05. The number of oxazole rings is 1. The van der Waals surface area contributed by atoms with Gasteiger partial charge in [-0.15, -0.1) is 0 Å². The molecule has 0 saturated carbocycles. The molecule has 150 valence electrons. The van der Waals surface area contributed by atoms with Gasteiger partial charge in [0.25, 0.3) is 5.89 Å². The molecule has 29 heavy (non-hydrogen) atoms. The summed E-state index contributed by atoms with van der Waals surface area (Å²) in [7, 11) is 0. The zero-order valence-electron chi connectivity index (χ0n) is 16.4.